The SMILES string of the molecule is O=C(Cc1ccccn1)NC1CCC(CCO)CC1. The summed E-state index contributed by atoms with van der Waals surface area (Å²) in [7, 11) is 0. The molecule has 1 aliphatic carbocycles. The summed E-state index contributed by atoms with van der Waals surface area (Å²) < 4.78 is 0. The maximum Gasteiger partial charge on any atom is 0.226 e. The number of amides is 1. The number of aliphatic hydroxyl groups excluding tert-OH is 1. The zero-order valence-corrected chi connectivity index (χ0v) is 11.2. The Bertz CT molecular complexity index is 386. The van der Waals surface area contributed by atoms with Gasteiger partial charge in [0.15, 0.2) is 0 Å². The summed E-state index contributed by atoms with van der Waals surface area (Å²) in [5, 5.41) is 12.0. The second-order valence-corrected chi connectivity index (χ2v) is 5.30. The summed E-state index contributed by atoms with van der Waals surface area (Å²) in [4.78, 5) is 16.1. The molecule has 2 N–H and O–H groups in total. The zero-order chi connectivity index (χ0) is 13.5. The van der Waals surface area contributed by atoms with Crippen LogP contribution in [0, 0.1) is 5.92 Å². The molecular formula is C15H22N2O2. The first-order chi connectivity index (χ1) is 9.28. The molecule has 4 nitrogen and oxygen atoms in total. The van der Waals surface area contributed by atoms with E-state index >= 15 is 0 Å². The van der Waals surface area contributed by atoms with Crippen molar-refractivity contribution in [3.8, 4) is 0 Å². The van der Waals surface area contributed by atoms with Gasteiger partial charge >= 0.3 is 0 Å². The predicted octanol–water partition coefficient (Wildman–Crippen LogP) is 1.68. The fourth-order valence-corrected chi connectivity index (χ4v) is 2.72. The maximum atomic E-state index is 11.9. The number of pyridine rings is 1. The fraction of sp³-hybridized carbons (Fsp3) is 0.600. The van der Waals surface area contributed by atoms with E-state index in [1.54, 1.807) is 6.20 Å². The highest BCUT2D eigenvalue weighted by atomic mass is 16.3. The van der Waals surface area contributed by atoms with E-state index in [4.69, 9.17) is 5.11 Å². The molecule has 4 heteroatoms. The molecule has 1 aliphatic rings. The second kappa shape index (κ2) is 7.24. The predicted molar refractivity (Wildman–Crippen MR) is 73.5 cm³/mol. The first-order valence-corrected chi connectivity index (χ1v) is 7.08. The lowest BCUT2D eigenvalue weighted by Gasteiger charge is -2.28. The summed E-state index contributed by atoms with van der Waals surface area (Å²) in [5.41, 5.74) is 0.814. The van der Waals surface area contributed by atoms with Gasteiger partial charge in [0.05, 0.1) is 6.42 Å². The van der Waals surface area contributed by atoms with E-state index in [-0.39, 0.29) is 12.5 Å². The van der Waals surface area contributed by atoms with Gasteiger partial charge in [-0.1, -0.05) is 6.07 Å². The molecule has 1 aromatic rings. The van der Waals surface area contributed by atoms with Gasteiger partial charge in [-0.15, -0.1) is 0 Å². The molecule has 0 unspecified atom stereocenters. The largest absolute Gasteiger partial charge is 0.396 e. The third-order valence-electron chi connectivity index (χ3n) is 3.82. The Morgan fingerprint density at radius 1 is 1.32 bits per heavy atom. The third kappa shape index (κ3) is 4.63. The molecule has 104 valence electrons. The Kier molecular flexibility index (Phi) is 5.33. The number of carbonyl (C=O) groups excluding carboxylic acids is 1. The molecule has 2 rings (SSSR count). The number of rotatable bonds is 5. The minimum atomic E-state index is 0.0595. The molecule has 1 fully saturated rings. The number of hydrogen-bond acceptors (Lipinski definition) is 3. The van der Waals surface area contributed by atoms with Gasteiger partial charge in [0.25, 0.3) is 0 Å². The molecule has 0 aliphatic heterocycles. The van der Waals surface area contributed by atoms with Crippen molar-refractivity contribution in [3.05, 3.63) is 30.1 Å². The van der Waals surface area contributed by atoms with Gasteiger partial charge in [-0.3, -0.25) is 9.78 Å². The van der Waals surface area contributed by atoms with Crippen molar-refractivity contribution in [3.63, 3.8) is 0 Å². The van der Waals surface area contributed by atoms with Crippen LogP contribution in [0.25, 0.3) is 0 Å². The van der Waals surface area contributed by atoms with Gasteiger partial charge in [0, 0.05) is 24.5 Å². The minimum Gasteiger partial charge on any atom is -0.396 e. The van der Waals surface area contributed by atoms with Gasteiger partial charge in [0.2, 0.25) is 5.91 Å². The van der Waals surface area contributed by atoms with Crippen molar-refractivity contribution >= 4 is 5.91 Å². The summed E-state index contributed by atoms with van der Waals surface area (Å²) in [6.07, 6.45) is 7.23. The number of nitrogens with zero attached hydrogens (tertiary/aromatic N) is 1. The van der Waals surface area contributed by atoms with Crippen LogP contribution >= 0.6 is 0 Å². The fourth-order valence-electron chi connectivity index (χ4n) is 2.72. The quantitative estimate of drug-likeness (QED) is 0.848. The van der Waals surface area contributed by atoms with Crippen molar-refractivity contribution in [2.45, 2.75) is 44.6 Å². The average Bonchev–Trinajstić information content (AvgIpc) is 2.42. The number of hydrogen-bond donors (Lipinski definition) is 2. The molecule has 0 aromatic carbocycles. The van der Waals surface area contributed by atoms with Crippen molar-refractivity contribution in [1.29, 1.82) is 0 Å². The Labute approximate surface area is 114 Å². The van der Waals surface area contributed by atoms with Gasteiger partial charge in [-0.2, -0.15) is 0 Å². The molecule has 1 amide bonds. The first kappa shape index (κ1) is 14.0. The van der Waals surface area contributed by atoms with Crippen LogP contribution in [0.1, 0.15) is 37.8 Å². The standard InChI is InChI=1S/C15H22N2O2/c18-10-8-12-4-6-13(7-5-12)17-15(19)11-14-3-1-2-9-16-14/h1-3,9,12-13,18H,4-8,10-11H2,(H,17,19). The highest BCUT2D eigenvalue weighted by Gasteiger charge is 2.21. The van der Waals surface area contributed by atoms with Crippen molar-refractivity contribution < 1.29 is 9.90 Å². The van der Waals surface area contributed by atoms with Gasteiger partial charge in [0.1, 0.15) is 0 Å². The lowest BCUT2D eigenvalue weighted by Crippen LogP contribution is -2.38. The molecule has 0 atom stereocenters. The molecule has 0 spiro atoms. The highest BCUT2D eigenvalue weighted by Crippen LogP contribution is 2.26. The van der Waals surface area contributed by atoms with Gasteiger partial charge in [-0.25, -0.2) is 0 Å². The highest BCUT2D eigenvalue weighted by molar-refractivity contribution is 5.78. The summed E-state index contributed by atoms with van der Waals surface area (Å²) in [5.74, 6) is 0.693. The Morgan fingerprint density at radius 2 is 2.11 bits per heavy atom. The molecule has 1 saturated carbocycles. The Hall–Kier alpha value is -1.42. The summed E-state index contributed by atoms with van der Waals surface area (Å²) in [6, 6.07) is 5.92. The summed E-state index contributed by atoms with van der Waals surface area (Å²) in [6.45, 7) is 0.279. The van der Waals surface area contributed by atoms with E-state index in [1.807, 2.05) is 18.2 Å². The van der Waals surface area contributed by atoms with E-state index in [2.05, 4.69) is 10.3 Å². The van der Waals surface area contributed by atoms with E-state index in [9.17, 15) is 4.79 Å². The van der Waals surface area contributed by atoms with Crippen LogP contribution in [-0.4, -0.2) is 28.6 Å². The topological polar surface area (TPSA) is 62.2 Å². The van der Waals surface area contributed by atoms with Gasteiger partial charge < -0.3 is 10.4 Å². The number of nitrogens with one attached hydrogen (secondary N) is 1. The van der Waals surface area contributed by atoms with E-state index in [0.717, 1.165) is 37.8 Å². The number of carbonyl (C=O) groups is 1. The normalized spacial score (nSPS) is 23.0. The average molecular weight is 262 g/mol. The van der Waals surface area contributed by atoms with Crippen LogP contribution < -0.4 is 5.32 Å². The lowest BCUT2D eigenvalue weighted by atomic mass is 9.84. The zero-order valence-electron chi connectivity index (χ0n) is 11.2. The van der Waals surface area contributed by atoms with Crippen LogP contribution in [0.4, 0.5) is 0 Å². The number of aromatic nitrogens is 1. The van der Waals surface area contributed by atoms with E-state index in [0.29, 0.717) is 18.4 Å². The number of aliphatic hydroxyl groups is 1. The molecule has 1 aromatic heterocycles. The maximum absolute atomic E-state index is 11.9. The molecule has 19 heavy (non-hydrogen) atoms. The van der Waals surface area contributed by atoms with Crippen molar-refractivity contribution in [2.75, 3.05) is 6.61 Å². The third-order valence-corrected chi connectivity index (χ3v) is 3.82. The van der Waals surface area contributed by atoms with Crippen LogP contribution in [-0.2, 0) is 11.2 Å². The summed E-state index contributed by atoms with van der Waals surface area (Å²) >= 11 is 0. The van der Waals surface area contributed by atoms with Crippen LogP contribution in [0.15, 0.2) is 24.4 Å². The second-order valence-electron chi connectivity index (χ2n) is 5.30. The minimum absolute atomic E-state index is 0.0595. The van der Waals surface area contributed by atoms with E-state index in [1.165, 1.54) is 0 Å². The molecule has 0 radical (unpaired) electrons. The lowest BCUT2D eigenvalue weighted by molar-refractivity contribution is -0.121. The Morgan fingerprint density at radius 3 is 2.74 bits per heavy atom. The smallest absolute Gasteiger partial charge is 0.226 e. The van der Waals surface area contributed by atoms with Crippen molar-refractivity contribution in [1.82, 2.24) is 10.3 Å². The molecule has 0 saturated heterocycles. The van der Waals surface area contributed by atoms with E-state index < -0.39 is 0 Å². The van der Waals surface area contributed by atoms with Crippen LogP contribution in [0.3, 0.4) is 0 Å². The Balaban J connectivity index is 1.72. The molecule has 1 heterocycles. The monoisotopic (exact) mass is 262 g/mol. The van der Waals surface area contributed by atoms with Crippen LogP contribution in [0.5, 0.6) is 0 Å². The molecule has 0 bridgehead atoms. The molecular weight excluding hydrogens is 240 g/mol. The van der Waals surface area contributed by atoms with Crippen LogP contribution in [0.2, 0.25) is 0 Å². The first-order valence-electron chi connectivity index (χ1n) is 7.08. The van der Waals surface area contributed by atoms with Crippen molar-refractivity contribution in [2.24, 2.45) is 5.92 Å². The van der Waals surface area contributed by atoms with Gasteiger partial charge in [-0.05, 0) is 50.2 Å².